The topological polar surface area (TPSA) is 3.24 Å². The summed E-state index contributed by atoms with van der Waals surface area (Å²) >= 11 is 1.83. The average molecular weight is 263 g/mol. The van der Waals surface area contributed by atoms with Crippen molar-refractivity contribution in [2.75, 3.05) is 12.3 Å². The molecular formula is C16H25NS. The standard InChI is InChI=1S/C16H25NS/c1-6-18-14(2)17(13-16(3,4)5)12-15-10-8-7-9-11-15/h7-11H,2,6,12-13H2,1,3-5H3. The van der Waals surface area contributed by atoms with Crippen molar-refractivity contribution in [3.8, 4) is 0 Å². The van der Waals surface area contributed by atoms with Gasteiger partial charge in [-0.15, -0.1) is 11.8 Å². The quantitative estimate of drug-likeness (QED) is 0.728. The van der Waals surface area contributed by atoms with Gasteiger partial charge < -0.3 is 4.90 Å². The van der Waals surface area contributed by atoms with Crippen LogP contribution < -0.4 is 0 Å². The molecule has 0 heterocycles. The van der Waals surface area contributed by atoms with Crippen molar-refractivity contribution in [3.05, 3.63) is 47.5 Å². The van der Waals surface area contributed by atoms with E-state index in [0.29, 0.717) is 0 Å². The molecule has 0 N–H and O–H groups in total. The number of benzene rings is 1. The van der Waals surface area contributed by atoms with E-state index in [2.05, 4.69) is 69.5 Å². The van der Waals surface area contributed by atoms with Gasteiger partial charge in [-0.3, -0.25) is 0 Å². The molecule has 0 spiro atoms. The lowest BCUT2D eigenvalue weighted by atomic mass is 9.96. The molecule has 1 aromatic carbocycles. The summed E-state index contributed by atoms with van der Waals surface area (Å²) in [7, 11) is 0. The molecule has 1 rings (SSSR count). The Morgan fingerprint density at radius 1 is 1.22 bits per heavy atom. The predicted molar refractivity (Wildman–Crippen MR) is 83.6 cm³/mol. The van der Waals surface area contributed by atoms with Crippen LogP contribution in [0, 0.1) is 5.41 Å². The van der Waals surface area contributed by atoms with Crippen molar-refractivity contribution in [2.24, 2.45) is 5.41 Å². The third kappa shape index (κ3) is 5.63. The Morgan fingerprint density at radius 2 is 1.83 bits per heavy atom. The van der Waals surface area contributed by atoms with E-state index >= 15 is 0 Å². The summed E-state index contributed by atoms with van der Waals surface area (Å²) in [4.78, 5) is 2.39. The van der Waals surface area contributed by atoms with Crippen LogP contribution in [0.4, 0.5) is 0 Å². The third-order valence-corrected chi connectivity index (χ3v) is 3.43. The first-order valence-corrected chi connectivity index (χ1v) is 7.51. The first kappa shape index (κ1) is 15.2. The molecule has 0 radical (unpaired) electrons. The second kappa shape index (κ2) is 6.89. The van der Waals surface area contributed by atoms with E-state index in [0.717, 1.165) is 18.8 Å². The highest BCUT2D eigenvalue weighted by Crippen LogP contribution is 2.25. The fourth-order valence-corrected chi connectivity index (χ4v) is 2.51. The molecule has 0 saturated heterocycles. The molecule has 0 amide bonds. The van der Waals surface area contributed by atoms with Gasteiger partial charge in [-0.1, -0.05) is 64.6 Å². The second-order valence-electron chi connectivity index (χ2n) is 5.73. The van der Waals surface area contributed by atoms with Gasteiger partial charge >= 0.3 is 0 Å². The van der Waals surface area contributed by atoms with E-state index in [-0.39, 0.29) is 5.41 Å². The lowest BCUT2D eigenvalue weighted by Crippen LogP contribution is -2.30. The molecule has 0 aromatic heterocycles. The summed E-state index contributed by atoms with van der Waals surface area (Å²) in [6.07, 6.45) is 0. The van der Waals surface area contributed by atoms with E-state index in [9.17, 15) is 0 Å². The molecule has 0 atom stereocenters. The van der Waals surface area contributed by atoms with Crippen molar-refractivity contribution in [2.45, 2.75) is 34.2 Å². The largest absolute Gasteiger partial charge is 0.362 e. The summed E-state index contributed by atoms with van der Waals surface area (Å²) < 4.78 is 0. The van der Waals surface area contributed by atoms with Gasteiger partial charge in [0.15, 0.2) is 0 Å². The van der Waals surface area contributed by atoms with Gasteiger partial charge in [-0.05, 0) is 16.7 Å². The zero-order valence-corrected chi connectivity index (χ0v) is 12.9. The Hall–Kier alpha value is -0.890. The maximum atomic E-state index is 4.21. The van der Waals surface area contributed by atoms with E-state index in [1.54, 1.807) is 0 Å². The molecule has 1 aromatic rings. The third-order valence-electron chi connectivity index (χ3n) is 2.55. The number of hydrogen-bond acceptors (Lipinski definition) is 2. The Labute approximate surface area is 116 Å². The van der Waals surface area contributed by atoms with Crippen molar-refractivity contribution in [1.82, 2.24) is 4.90 Å². The molecule has 18 heavy (non-hydrogen) atoms. The van der Waals surface area contributed by atoms with Crippen LogP contribution in [-0.2, 0) is 6.54 Å². The Kier molecular flexibility index (Phi) is 5.80. The highest BCUT2D eigenvalue weighted by molar-refractivity contribution is 8.02. The van der Waals surface area contributed by atoms with Crippen LogP contribution in [0.25, 0.3) is 0 Å². The van der Waals surface area contributed by atoms with Crippen molar-refractivity contribution >= 4 is 11.8 Å². The van der Waals surface area contributed by atoms with Gasteiger partial charge in [0, 0.05) is 13.1 Å². The van der Waals surface area contributed by atoms with Crippen LogP contribution in [0.2, 0.25) is 0 Å². The van der Waals surface area contributed by atoms with Crippen LogP contribution in [0.1, 0.15) is 33.3 Å². The zero-order chi connectivity index (χ0) is 13.6. The molecular weight excluding hydrogens is 238 g/mol. The Balaban J connectivity index is 2.74. The van der Waals surface area contributed by atoms with Crippen molar-refractivity contribution in [1.29, 1.82) is 0 Å². The zero-order valence-electron chi connectivity index (χ0n) is 12.1. The van der Waals surface area contributed by atoms with E-state index < -0.39 is 0 Å². The minimum Gasteiger partial charge on any atom is -0.362 e. The summed E-state index contributed by atoms with van der Waals surface area (Å²) in [5.41, 5.74) is 1.63. The van der Waals surface area contributed by atoms with Gasteiger partial charge in [-0.25, -0.2) is 0 Å². The summed E-state index contributed by atoms with van der Waals surface area (Å²) in [6, 6.07) is 10.6. The van der Waals surface area contributed by atoms with Crippen LogP contribution in [0.5, 0.6) is 0 Å². The number of thioether (sulfide) groups is 1. The lowest BCUT2D eigenvalue weighted by molar-refractivity contribution is 0.241. The normalized spacial score (nSPS) is 11.3. The number of nitrogens with zero attached hydrogens (tertiary/aromatic N) is 1. The Morgan fingerprint density at radius 3 is 2.33 bits per heavy atom. The van der Waals surface area contributed by atoms with Gasteiger partial charge in [0.05, 0.1) is 5.03 Å². The Bertz CT molecular complexity index is 364. The monoisotopic (exact) mass is 263 g/mol. The minimum atomic E-state index is 0.284. The fraction of sp³-hybridized carbons (Fsp3) is 0.500. The minimum absolute atomic E-state index is 0.284. The summed E-state index contributed by atoms with van der Waals surface area (Å²) in [6.45, 7) is 15.2. The van der Waals surface area contributed by atoms with Crippen LogP contribution >= 0.6 is 11.8 Å². The summed E-state index contributed by atoms with van der Waals surface area (Å²) in [5.74, 6) is 1.08. The molecule has 0 saturated carbocycles. The molecule has 0 aliphatic heterocycles. The average Bonchev–Trinajstić information content (AvgIpc) is 2.28. The maximum Gasteiger partial charge on any atom is 0.0637 e. The van der Waals surface area contributed by atoms with Gasteiger partial charge in [0.25, 0.3) is 0 Å². The van der Waals surface area contributed by atoms with Crippen LogP contribution in [-0.4, -0.2) is 17.2 Å². The van der Waals surface area contributed by atoms with E-state index in [4.69, 9.17) is 0 Å². The predicted octanol–water partition coefficient (Wildman–Crippen LogP) is 4.76. The SMILES string of the molecule is C=C(SCC)N(Cc1ccccc1)CC(C)(C)C. The second-order valence-corrected chi connectivity index (χ2v) is 7.07. The molecule has 1 nitrogen and oxygen atoms in total. The smallest absolute Gasteiger partial charge is 0.0637 e. The molecule has 0 aliphatic carbocycles. The van der Waals surface area contributed by atoms with E-state index in [1.807, 2.05) is 11.8 Å². The molecule has 0 unspecified atom stereocenters. The highest BCUT2D eigenvalue weighted by Gasteiger charge is 2.17. The molecule has 0 bridgehead atoms. The fourth-order valence-electron chi connectivity index (χ4n) is 1.87. The first-order valence-electron chi connectivity index (χ1n) is 6.53. The highest BCUT2D eigenvalue weighted by atomic mass is 32.2. The molecule has 100 valence electrons. The molecule has 0 fully saturated rings. The first-order chi connectivity index (χ1) is 8.42. The van der Waals surface area contributed by atoms with E-state index in [1.165, 1.54) is 10.6 Å². The van der Waals surface area contributed by atoms with Crippen LogP contribution in [0.15, 0.2) is 41.9 Å². The lowest BCUT2D eigenvalue weighted by Gasteiger charge is -2.32. The van der Waals surface area contributed by atoms with Crippen LogP contribution in [0.3, 0.4) is 0 Å². The molecule has 2 heteroatoms. The van der Waals surface area contributed by atoms with Crippen molar-refractivity contribution in [3.63, 3.8) is 0 Å². The van der Waals surface area contributed by atoms with Gasteiger partial charge in [-0.2, -0.15) is 0 Å². The van der Waals surface area contributed by atoms with Gasteiger partial charge in [0.2, 0.25) is 0 Å². The number of rotatable bonds is 6. The van der Waals surface area contributed by atoms with Crippen molar-refractivity contribution < 1.29 is 0 Å². The number of hydrogen-bond donors (Lipinski definition) is 0. The molecule has 0 aliphatic rings. The van der Waals surface area contributed by atoms with Gasteiger partial charge in [0.1, 0.15) is 0 Å². The maximum absolute atomic E-state index is 4.21. The summed E-state index contributed by atoms with van der Waals surface area (Å²) in [5, 5.41) is 1.18.